The molecule has 0 spiro atoms. The van der Waals surface area contributed by atoms with Gasteiger partial charge in [0.05, 0.1) is 0 Å². The largest absolute Gasteiger partial charge is 0.384 e. The number of rotatable bonds is 6. The summed E-state index contributed by atoms with van der Waals surface area (Å²) >= 11 is 0. The Kier molecular flexibility index (Phi) is 5.77. The minimum atomic E-state index is 0.485. The van der Waals surface area contributed by atoms with Gasteiger partial charge < -0.3 is 10.1 Å². The SMILES string of the molecule is COCC(C)C1(CNC(C)C)CCCCC1. The quantitative estimate of drug-likeness (QED) is 0.752. The van der Waals surface area contributed by atoms with Crippen LogP contribution in [0.5, 0.6) is 0 Å². The minimum absolute atomic E-state index is 0.485. The summed E-state index contributed by atoms with van der Waals surface area (Å²) in [6.45, 7) is 8.89. The minimum Gasteiger partial charge on any atom is -0.384 e. The van der Waals surface area contributed by atoms with E-state index < -0.39 is 0 Å². The molecule has 1 rings (SSSR count). The van der Waals surface area contributed by atoms with E-state index in [1.807, 2.05) is 7.11 Å². The second-order valence-electron chi connectivity index (χ2n) is 5.82. The summed E-state index contributed by atoms with van der Waals surface area (Å²) < 4.78 is 5.36. The van der Waals surface area contributed by atoms with Crippen LogP contribution in [0.3, 0.4) is 0 Å². The first kappa shape index (κ1) is 14.0. The molecule has 0 aromatic rings. The van der Waals surface area contributed by atoms with Crippen molar-refractivity contribution in [2.24, 2.45) is 11.3 Å². The van der Waals surface area contributed by atoms with Crippen LogP contribution in [-0.4, -0.2) is 26.3 Å². The van der Waals surface area contributed by atoms with Crippen molar-refractivity contribution in [3.8, 4) is 0 Å². The highest BCUT2D eigenvalue weighted by molar-refractivity contribution is 4.89. The van der Waals surface area contributed by atoms with E-state index in [2.05, 4.69) is 26.1 Å². The Morgan fingerprint density at radius 3 is 2.25 bits per heavy atom. The van der Waals surface area contributed by atoms with Crippen LogP contribution < -0.4 is 5.32 Å². The smallest absolute Gasteiger partial charge is 0.0493 e. The fraction of sp³-hybridized carbons (Fsp3) is 1.00. The zero-order valence-corrected chi connectivity index (χ0v) is 11.5. The molecule has 2 heteroatoms. The van der Waals surface area contributed by atoms with E-state index in [4.69, 9.17) is 4.74 Å². The number of methoxy groups -OCH3 is 1. The van der Waals surface area contributed by atoms with Gasteiger partial charge in [0.2, 0.25) is 0 Å². The molecule has 0 saturated heterocycles. The van der Waals surface area contributed by atoms with Gasteiger partial charge in [0, 0.05) is 26.3 Å². The van der Waals surface area contributed by atoms with E-state index in [0.717, 1.165) is 13.2 Å². The average molecular weight is 227 g/mol. The molecule has 0 aliphatic heterocycles. The second kappa shape index (κ2) is 6.61. The van der Waals surface area contributed by atoms with Gasteiger partial charge in [-0.05, 0) is 24.2 Å². The zero-order valence-electron chi connectivity index (χ0n) is 11.5. The summed E-state index contributed by atoms with van der Waals surface area (Å²) in [6.07, 6.45) is 6.96. The second-order valence-corrected chi connectivity index (χ2v) is 5.82. The molecule has 1 aliphatic carbocycles. The molecule has 16 heavy (non-hydrogen) atoms. The van der Waals surface area contributed by atoms with Gasteiger partial charge in [-0.15, -0.1) is 0 Å². The summed E-state index contributed by atoms with van der Waals surface area (Å²) in [5.74, 6) is 0.670. The van der Waals surface area contributed by atoms with Crippen LogP contribution in [0.2, 0.25) is 0 Å². The number of ether oxygens (including phenoxy) is 1. The molecule has 0 aromatic carbocycles. The molecule has 96 valence electrons. The van der Waals surface area contributed by atoms with Gasteiger partial charge >= 0.3 is 0 Å². The number of hydrogen-bond donors (Lipinski definition) is 1. The van der Waals surface area contributed by atoms with Crippen LogP contribution in [-0.2, 0) is 4.74 Å². The van der Waals surface area contributed by atoms with Crippen LogP contribution in [0.25, 0.3) is 0 Å². The molecular formula is C14H29NO. The summed E-state index contributed by atoms with van der Waals surface area (Å²) in [6, 6.07) is 0.591. The van der Waals surface area contributed by atoms with Crippen molar-refractivity contribution < 1.29 is 4.74 Å². The van der Waals surface area contributed by atoms with Crippen LogP contribution >= 0.6 is 0 Å². The monoisotopic (exact) mass is 227 g/mol. The summed E-state index contributed by atoms with van der Waals surface area (Å²) in [4.78, 5) is 0. The lowest BCUT2D eigenvalue weighted by atomic mass is 9.66. The first-order chi connectivity index (χ1) is 7.60. The van der Waals surface area contributed by atoms with Crippen molar-refractivity contribution in [3.05, 3.63) is 0 Å². The molecule has 0 aromatic heterocycles. The third kappa shape index (κ3) is 3.74. The van der Waals surface area contributed by atoms with E-state index in [0.29, 0.717) is 17.4 Å². The van der Waals surface area contributed by atoms with E-state index >= 15 is 0 Å². The average Bonchev–Trinajstić information content (AvgIpc) is 2.28. The lowest BCUT2D eigenvalue weighted by molar-refractivity contribution is 0.0386. The standard InChI is InChI=1S/C14H29NO/c1-12(2)15-11-14(13(3)10-16-4)8-6-5-7-9-14/h12-13,15H,5-11H2,1-4H3. The van der Waals surface area contributed by atoms with Crippen LogP contribution in [0.15, 0.2) is 0 Å². The molecule has 1 atom stereocenters. The molecule has 0 amide bonds. The molecule has 2 nitrogen and oxygen atoms in total. The fourth-order valence-corrected chi connectivity index (χ4v) is 2.93. The van der Waals surface area contributed by atoms with E-state index in [-0.39, 0.29) is 0 Å². The summed E-state index contributed by atoms with van der Waals surface area (Å²) in [5, 5.41) is 3.64. The number of hydrogen-bond acceptors (Lipinski definition) is 2. The normalized spacial score (nSPS) is 22.3. The first-order valence-corrected chi connectivity index (χ1v) is 6.83. The van der Waals surface area contributed by atoms with Crippen molar-refractivity contribution >= 4 is 0 Å². The predicted octanol–water partition coefficient (Wildman–Crippen LogP) is 3.22. The van der Waals surface area contributed by atoms with Gasteiger partial charge in [-0.2, -0.15) is 0 Å². The molecule has 0 radical (unpaired) electrons. The summed E-state index contributed by atoms with van der Waals surface area (Å²) in [7, 11) is 1.82. The molecule has 1 unspecified atom stereocenters. The van der Waals surface area contributed by atoms with E-state index in [9.17, 15) is 0 Å². The Morgan fingerprint density at radius 1 is 1.12 bits per heavy atom. The van der Waals surface area contributed by atoms with E-state index in [1.54, 1.807) is 0 Å². The lowest BCUT2D eigenvalue weighted by Crippen LogP contribution is -2.44. The van der Waals surface area contributed by atoms with Crippen molar-refractivity contribution in [1.29, 1.82) is 0 Å². The van der Waals surface area contributed by atoms with Gasteiger partial charge in [0.15, 0.2) is 0 Å². The van der Waals surface area contributed by atoms with Crippen LogP contribution in [0.1, 0.15) is 52.9 Å². The van der Waals surface area contributed by atoms with Crippen molar-refractivity contribution in [2.45, 2.75) is 58.9 Å². The lowest BCUT2D eigenvalue weighted by Gasteiger charge is -2.43. The Hall–Kier alpha value is -0.0800. The highest BCUT2D eigenvalue weighted by Crippen LogP contribution is 2.42. The molecule has 0 heterocycles. The maximum atomic E-state index is 5.36. The van der Waals surface area contributed by atoms with Gasteiger partial charge in [-0.1, -0.05) is 40.0 Å². The van der Waals surface area contributed by atoms with Crippen molar-refractivity contribution in [3.63, 3.8) is 0 Å². The van der Waals surface area contributed by atoms with Crippen molar-refractivity contribution in [1.82, 2.24) is 5.32 Å². The Morgan fingerprint density at radius 2 is 1.75 bits per heavy atom. The van der Waals surface area contributed by atoms with Gasteiger partial charge in [-0.25, -0.2) is 0 Å². The molecule has 1 fully saturated rings. The predicted molar refractivity (Wildman–Crippen MR) is 69.7 cm³/mol. The highest BCUT2D eigenvalue weighted by atomic mass is 16.5. The molecular weight excluding hydrogens is 198 g/mol. The molecule has 1 aliphatic rings. The maximum absolute atomic E-state index is 5.36. The zero-order chi connectivity index (χ0) is 12.0. The van der Waals surface area contributed by atoms with Crippen molar-refractivity contribution in [2.75, 3.05) is 20.3 Å². The molecule has 1 saturated carbocycles. The summed E-state index contributed by atoms with van der Waals surface area (Å²) in [5.41, 5.74) is 0.485. The Bertz CT molecular complexity index is 185. The van der Waals surface area contributed by atoms with Gasteiger partial charge in [-0.3, -0.25) is 0 Å². The van der Waals surface area contributed by atoms with Gasteiger partial charge in [0.1, 0.15) is 0 Å². The third-order valence-corrected chi connectivity index (χ3v) is 4.17. The number of nitrogens with one attached hydrogen (secondary N) is 1. The molecule has 0 bridgehead atoms. The Labute approximate surface area is 101 Å². The topological polar surface area (TPSA) is 21.3 Å². The van der Waals surface area contributed by atoms with Crippen LogP contribution in [0.4, 0.5) is 0 Å². The van der Waals surface area contributed by atoms with Gasteiger partial charge in [0.25, 0.3) is 0 Å². The van der Waals surface area contributed by atoms with E-state index in [1.165, 1.54) is 32.1 Å². The fourth-order valence-electron chi connectivity index (χ4n) is 2.93. The Balaban J connectivity index is 2.59. The first-order valence-electron chi connectivity index (χ1n) is 6.83. The maximum Gasteiger partial charge on any atom is 0.0493 e. The van der Waals surface area contributed by atoms with Crippen LogP contribution in [0, 0.1) is 11.3 Å². The highest BCUT2D eigenvalue weighted by Gasteiger charge is 2.36. The molecule has 1 N–H and O–H groups in total. The third-order valence-electron chi connectivity index (χ3n) is 4.17.